The Morgan fingerprint density at radius 2 is 1.48 bits per heavy atom. The van der Waals surface area contributed by atoms with Crippen LogP contribution in [0, 0.1) is 0 Å². The summed E-state index contributed by atoms with van der Waals surface area (Å²) in [4.78, 5) is 54.8. The molecule has 0 radical (unpaired) electrons. The second-order valence-corrected chi connectivity index (χ2v) is 11.8. The van der Waals surface area contributed by atoms with E-state index in [1.807, 2.05) is 6.92 Å². The second-order valence-electron chi connectivity index (χ2n) is 10.6. The van der Waals surface area contributed by atoms with Crippen molar-refractivity contribution in [3.8, 4) is 0 Å². The molecule has 44 heavy (non-hydrogen) atoms. The van der Waals surface area contributed by atoms with E-state index in [0.717, 1.165) is 6.92 Å². The predicted molar refractivity (Wildman–Crippen MR) is 146 cm³/mol. The molecule has 8 N–H and O–H groups in total. The number of hydrogen-bond donors (Lipinski definition) is 8. The summed E-state index contributed by atoms with van der Waals surface area (Å²) < 4.78 is 43.9. The third kappa shape index (κ3) is 11.5. The smallest absolute Gasteiger partial charge is 0.462 e. The fourth-order valence-corrected chi connectivity index (χ4v) is 5.33. The highest BCUT2D eigenvalue weighted by molar-refractivity contribution is 7.46. The van der Waals surface area contributed by atoms with E-state index in [1.165, 1.54) is 6.92 Å². The Bertz CT molecular complexity index is 984. The lowest BCUT2D eigenvalue weighted by Gasteiger charge is -2.45. The van der Waals surface area contributed by atoms with E-state index >= 15 is 0 Å². The Kier molecular flexibility index (Phi) is 15.5. The Morgan fingerprint density at radius 1 is 0.886 bits per heavy atom. The van der Waals surface area contributed by atoms with Gasteiger partial charge in [-0.1, -0.05) is 13.8 Å². The van der Waals surface area contributed by atoms with Crippen LogP contribution in [0.2, 0.25) is 0 Å². The van der Waals surface area contributed by atoms with Crippen LogP contribution in [0.3, 0.4) is 0 Å². The lowest BCUT2D eigenvalue weighted by atomic mass is 9.95. The van der Waals surface area contributed by atoms with Gasteiger partial charge in [0.1, 0.15) is 54.8 Å². The second kappa shape index (κ2) is 17.8. The van der Waals surface area contributed by atoms with E-state index in [2.05, 4.69) is 15.2 Å². The van der Waals surface area contributed by atoms with Gasteiger partial charge in [-0.2, -0.15) is 0 Å². The first-order valence-electron chi connectivity index (χ1n) is 14.3. The lowest BCUT2D eigenvalue weighted by Crippen LogP contribution is -2.67. The molecule has 19 heteroatoms. The summed E-state index contributed by atoms with van der Waals surface area (Å²) >= 11 is 0. The SMILES string of the molecule is CCCOC1OC(COC2OC(CO)C(OP(=O)(O)O)C(O)C2NC(=O)CC(C)OC(C)=O)C(O)C(O)C1NC(=O)CCC. The summed E-state index contributed by atoms with van der Waals surface area (Å²) in [7, 11) is -5.22. The van der Waals surface area contributed by atoms with Gasteiger partial charge in [0.05, 0.1) is 19.6 Å². The molecule has 11 unspecified atom stereocenters. The molecular formula is C25H45N2O16P. The Balaban J connectivity index is 2.25. The molecule has 2 heterocycles. The Labute approximate surface area is 254 Å². The van der Waals surface area contributed by atoms with Gasteiger partial charge < -0.3 is 64.5 Å². The molecule has 2 fully saturated rings. The van der Waals surface area contributed by atoms with Crippen LogP contribution in [-0.4, -0.2) is 135 Å². The minimum absolute atomic E-state index is 0.166. The summed E-state index contributed by atoms with van der Waals surface area (Å²) in [6.07, 6.45) is -12.5. The maximum Gasteiger partial charge on any atom is 0.470 e. The average molecular weight is 661 g/mol. The molecule has 0 saturated carbocycles. The first kappa shape index (κ1) is 38.4. The number of esters is 1. The average Bonchev–Trinajstić information content (AvgIpc) is 2.92. The summed E-state index contributed by atoms with van der Waals surface area (Å²) in [5, 5.41) is 47.5. The van der Waals surface area contributed by atoms with Crippen molar-refractivity contribution in [3.05, 3.63) is 0 Å². The highest BCUT2D eigenvalue weighted by Gasteiger charge is 2.51. The molecule has 0 aromatic rings. The van der Waals surface area contributed by atoms with Gasteiger partial charge in [-0.15, -0.1) is 0 Å². The molecule has 0 aromatic heterocycles. The predicted octanol–water partition coefficient (Wildman–Crippen LogP) is -2.46. The molecule has 2 aliphatic rings. The van der Waals surface area contributed by atoms with Crippen molar-refractivity contribution in [2.45, 2.75) is 121 Å². The quantitative estimate of drug-likeness (QED) is 0.0630. The van der Waals surface area contributed by atoms with Crippen LogP contribution >= 0.6 is 7.82 Å². The van der Waals surface area contributed by atoms with Crippen LogP contribution < -0.4 is 10.6 Å². The number of phosphoric ester groups is 1. The van der Waals surface area contributed by atoms with Gasteiger partial charge in [0, 0.05) is 20.0 Å². The first-order valence-corrected chi connectivity index (χ1v) is 15.8. The number of hydrogen-bond acceptors (Lipinski definition) is 14. The van der Waals surface area contributed by atoms with Crippen LogP contribution in [0.5, 0.6) is 0 Å². The molecule has 0 aromatic carbocycles. The van der Waals surface area contributed by atoms with Crippen molar-refractivity contribution in [3.63, 3.8) is 0 Å². The molecule has 11 atom stereocenters. The van der Waals surface area contributed by atoms with Crippen molar-refractivity contribution >= 4 is 25.6 Å². The largest absolute Gasteiger partial charge is 0.470 e. The van der Waals surface area contributed by atoms with Crippen molar-refractivity contribution < 1.29 is 77.4 Å². The van der Waals surface area contributed by atoms with Gasteiger partial charge in [0.25, 0.3) is 0 Å². The molecule has 2 aliphatic heterocycles. The van der Waals surface area contributed by atoms with Crippen LogP contribution in [0.1, 0.15) is 53.4 Å². The molecular weight excluding hydrogens is 615 g/mol. The maximum absolute atomic E-state index is 12.7. The molecule has 2 amide bonds. The van der Waals surface area contributed by atoms with E-state index in [0.29, 0.717) is 12.8 Å². The number of rotatable bonds is 16. The first-order chi connectivity index (χ1) is 20.6. The van der Waals surface area contributed by atoms with E-state index in [4.69, 9.17) is 23.7 Å². The Morgan fingerprint density at radius 3 is 2.05 bits per heavy atom. The van der Waals surface area contributed by atoms with Crippen molar-refractivity contribution in [1.29, 1.82) is 0 Å². The van der Waals surface area contributed by atoms with Gasteiger partial charge >= 0.3 is 13.8 Å². The molecule has 2 rings (SSSR count). The fraction of sp³-hybridized carbons (Fsp3) is 0.880. The van der Waals surface area contributed by atoms with E-state index in [9.17, 15) is 49.2 Å². The van der Waals surface area contributed by atoms with E-state index < -0.39 is 100 Å². The Hall–Kier alpha value is -1.80. The number of carbonyl (C=O) groups is 3. The minimum Gasteiger partial charge on any atom is -0.462 e. The van der Waals surface area contributed by atoms with Crippen LogP contribution in [0.15, 0.2) is 0 Å². The van der Waals surface area contributed by atoms with Gasteiger partial charge in [-0.25, -0.2) is 4.57 Å². The van der Waals surface area contributed by atoms with Crippen LogP contribution in [0.25, 0.3) is 0 Å². The van der Waals surface area contributed by atoms with Crippen LogP contribution in [-0.2, 0) is 47.2 Å². The maximum atomic E-state index is 12.7. The van der Waals surface area contributed by atoms with Crippen LogP contribution in [0.4, 0.5) is 0 Å². The molecule has 0 spiro atoms. The standard InChI is InChI=1S/C25H45N2O16P/c1-5-7-16(30)26-18-21(33)20(32)15(42-24(18)38-8-6-2)11-39-25-19(27-17(31)9-12(3)40-13(4)29)22(34)23(14(10-28)41-25)43-44(35,36)37/h12,14-15,18-25,28,32-34H,5-11H2,1-4H3,(H,26,30)(H,27,31)(H2,35,36,37). The lowest BCUT2D eigenvalue weighted by molar-refractivity contribution is -0.302. The fourth-order valence-electron chi connectivity index (χ4n) is 4.76. The van der Waals surface area contributed by atoms with Gasteiger partial charge in [-0.3, -0.25) is 18.9 Å². The molecule has 0 bridgehead atoms. The van der Waals surface area contributed by atoms with Gasteiger partial charge in [0.15, 0.2) is 12.6 Å². The summed E-state index contributed by atoms with van der Waals surface area (Å²) in [5.41, 5.74) is 0. The summed E-state index contributed by atoms with van der Waals surface area (Å²) in [6.45, 7) is 4.96. The summed E-state index contributed by atoms with van der Waals surface area (Å²) in [5.74, 6) is -1.81. The molecule has 0 aliphatic carbocycles. The van der Waals surface area contributed by atoms with Crippen molar-refractivity contribution in [2.75, 3.05) is 19.8 Å². The zero-order valence-electron chi connectivity index (χ0n) is 25.0. The minimum atomic E-state index is -5.22. The monoisotopic (exact) mass is 660 g/mol. The summed E-state index contributed by atoms with van der Waals surface area (Å²) in [6, 6.07) is -2.68. The van der Waals surface area contributed by atoms with E-state index in [-0.39, 0.29) is 25.4 Å². The number of carbonyl (C=O) groups excluding carboxylic acids is 3. The number of nitrogens with one attached hydrogen (secondary N) is 2. The number of amides is 2. The highest BCUT2D eigenvalue weighted by atomic mass is 31.2. The van der Waals surface area contributed by atoms with Gasteiger partial charge in [0.2, 0.25) is 11.8 Å². The van der Waals surface area contributed by atoms with Crippen molar-refractivity contribution in [1.82, 2.24) is 10.6 Å². The molecule has 2 saturated heterocycles. The number of ether oxygens (including phenoxy) is 5. The third-order valence-electron chi connectivity index (χ3n) is 6.70. The zero-order chi connectivity index (χ0) is 33.2. The number of aliphatic hydroxyl groups excluding tert-OH is 4. The zero-order valence-corrected chi connectivity index (χ0v) is 25.9. The van der Waals surface area contributed by atoms with E-state index in [1.54, 1.807) is 6.92 Å². The van der Waals surface area contributed by atoms with Crippen molar-refractivity contribution in [2.24, 2.45) is 0 Å². The van der Waals surface area contributed by atoms with Gasteiger partial charge in [-0.05, 0) is 19.8 Å². The normalized spacial score (nSPS) is 33.3. The molecule has 18 nitrogen and oxygen atoms in total. The number of phosphoric acid groups is 1. The third-order valence-corrected chi connectivity index (χ3v) is 7.21. The topological polar surface area (TPSA) is 269 Å². The molecule has 256 valence electrons. The number of aliphatic hydroxyl groups is 4. The highest BCUT2D eigenvalue weighted by Crippen LogP contribution is 2.41.